The van der Waals surface area contributed by atoms with E-state index in [-0.39, 0.29) is 23.0 Å². The van der Waals surface area contributed by atoms with Crippen LogP contribution in [0.15, 0.2) is 53.8 Å². The summed E-state index contributed by atoms with van der Waals surface area (Å²) >= 11 is 0.948. The molecule has 2 aromatic heterocycles. The highest BCUT2D eigenvalue weighted by Gasteiger charge is 2.26. The lowest BCUT2D eigenvalue weighted by Crippen LogP contribution is -2.13. The van der Waals surface area contributed by atoms with Gasteiger partial charge in [0.1, 0.15) is 29.4 Å². The number of aromatic nitrogens is 3. The van der Waals surface area contributed by atoms with Gasteiger partial charge in [-0.2, -0.15) is 8.78 Å². The minimum atomic E-state index is -2.95. The molecule has 7 nitrogen and oxygen atoms in total. The zero-order chi connectivity index (χ0) is 25.1. The van der Waals surface area contributed by atoms with Crippen LogP contribution in [0.25, 0.3) is 11.0 Å². The van der Waals surface area contributed by atoms with Gasteiger partial charge in [-0.15, -0.1) is 0 Å². The van der Waals surface area contributed by atoms with Gasteiger partial charge in [-0.1, -0.05) is 0 Å². The molecule has 0 spiro atoms. The molecule has 0 aliphatic rings. The van der Waals surface area contributed by atoms with Crippen LogP contribution in [0, 0.1) is 11.6 Å². The summed E-state index contributed by atoms with van der Waals surface area (Å²) in [7, 11) is 0. The fraction of sp³-hybridized carbons (Fsp3) is 0.174. The number of fused-ring (bicyclic) bond motifs is 1. The Morgan fingerprint density at radius 2 is 1.83 bits per heavy atom. The normalized spacial score (nSPS) is 11.3. The van der Waals surface area contributed by atoms with Crippen molar-refractivity contribution in [1.82, 2.24) is 15.0 Å². The highest BCUT2D eigenvalue weighted by Crippen LogP contribution is 2.31. The summed E-state index contributed by atoms with van der Waals surface area (Å²) in [6, 6.07) is 7.75. The molecular formula is C23H19F4N5O2S. The van der Waals surface area contributed by atoms with Crippen molar-refractivity contribution >= 4 is 40.3 Å². The maximum absolute atomic E-state index is 15.3. The minimum absolute atomic E-state index is 0.0139. The van der Waals surface area contributed by atoms with Crippen LogP contribution in [-0.2, 0) is 0 Å². The van der Waals surface area contributed by atoms with E-state index in [1.807, 2.05) is 13.8 Å². The number of benzene rings is 2. The van der Waals surface area contributed by atoms with E-state index in [1.165, 1.54) is 36.8 Å². The number of rotatable bonds is 9. The summed E-state index contributed by atoms with van der Waals surface area (Å²) < 4.78 is 61.5. The predicted octanol–water partition coefficient (Wildman–Crippen LogP) is 6.01. The lowest BCUT2D eigenvalue weighted by molar-refractivity contribution is -0.0498. The summed E-state index contributed by atoms with van der Waals surface area (Å²) in [5.74, 6) is -2.65. The Hall–Kier alpha value is -3.80. The van der Waals surface area contributed by atoms with Crippen LogP contribution >= 0.6 is 11.9 Å². The fourth-order valence-electron chi connectivity index (χ4n) is 3.30. The Kier molecular flexibility index (Phi) is 7.10. The number of ketones is 1. The molecule has 0 aliphatic heterocycles. The first-order chi connectivity index (χ1) is 16.7. The lowest BCUT2D eigenvalue weighted by atomic mass is 10.0. The zero-order valence-corrected chi connectivity index (χ0v) is 19.2. The maximum Gasteiger partial charge on any atom is 0.387 e. The molecule has 12 heteroatoms. The van der Waals surface area contributed by atoms with E-state index in [0.717, 1.165) is 24.1 Å². The maximum atomic E-state index is 15.3. The van der Waals surface area contributed by atoms with Crippen LogP contribution < -0.4 is 14.8 Å². The molecule has 0 fully saturated rings. The smallest absolute Gasteiger partial charge is 0.387 e. The Balaban J connectivity index is 1.61. The molecule has 0 saturated heterocycles. The van der Waals surface area contributed by atoms with Crippen molar-refractivity contribution in [2.45, 2.75) is 31.4 Å². The molecule has 0 saturated carbocycles. The molecule has 35 heavy (non-hydrogen) atoms. The van der Waals surface area contributed by atoms with Gasteiger partial charge in [0, 0.05) is 17.1 Å². The topological polar surface area (TPSA) is 91.9 Å². The first-order valence-electron chi connectivity index (χ1n) is 10.3. The SMILES string of the molecule is CC(C)Nc1ncnc2[nH]cc(C(=O)c3c(F)ccc(NSc4ccc(OC(F)F)cc4)c3F)c12. The van der Waals surface area contributed by atoms with E-state index in [9.17, 15) is 18.0 Å². The van der Waals surface area contributed by atoms with Gasteiger partial charge in [0.15, 0.2) is 5.82 Å². The van der Waals surface area contributed by atoms with Crippen molar-refractivity contribution in [3.05, 3.63) is 71.7 Å². The number of ether oxygens (including phenoxy) is 1. The number of carbonyl (C=O) groups excluding carboxylic acids is 1. The standard InChI is InChI=1S/C23H19F4N5O2S/c1-11(2)31-22-17-14(9-28-21(17)29-10-30-22)20(33)18-15(24)7-8-16(19(18)25)32-35-13-5-3-12(4-6-13)34-23(26)27/h3-11,23,32H,1-2H3,(H2,28,29,30,31). The molecule has 3 N–H and O–H groups in total. The van der Waals surface area contributed by atoms with Gasteiger partial charge in [0.25, 0.3) is 0 Å². The van der Waals surface area contributed by atoms with Crippen molar-refractivity contribution < 1.29 is 27.1 Å². The average molecular weight is 505 g/mol. The summed E-state index contributed by atoms with van der Waals surface area (Å²) in [5.41, 5.74) is -0.516. The van der Waals surface area contributed by atoms with Crippen LogP contribution in [0.3, 0.4) is 0 Å². The molecule has 0 radical (unpaired) electrons. The van der Waals surface area contributed by atoms with Crippen molar-refractivity contribution in [2.75, 3.05) is 10.0 Å². The quantitative estimate of drug-likeness (QED) is 0.146. The number of anilines is 2. The fourth-order valence-corrected chi connectivity index (χ4v) is 3.96. The van der Waals surface area contributed by atoms with Gasteiger partial charge in [0.2, 0.25) is 5.78 Å². The Labute approximate surface area is 201 Å². The zero-order valence-electron chi connectivity index (χ0n) is 18.4. The molecule has 4 aromatic rings. The van der Waals surface area contributed by atoms with E-state index in [0.29, 0.717) is 21.7 Å². The second-order valence-corrected chi connectivity index (χ2v) is 8.49. The van der Waals surface area contributed by atoms with E-state index >= 15 is 4.39 Å². The van der Waals surface area contributed by atoms with E-state index in [4.69, 9.17) is 0 Å². The van der Waals surface area contributed by atoms with Crippen molar-refractivity contribution in [3.63, 3.8) is 0 Å². The number of hydrogen-bond donors (Lipinski definition) is 3. The number of halogens is 4. The number of aromatic amines is 1. The summed E-state index contributed by atoms with van der Waals surface area (Å²) in [5, 5.41) is 3.42. The summed E-state index contributed by atoms with van der Waals surface area (Å²) in [6.45, 7) is 0.818. The molecule has 182 valence electrons. The van der Waals surface area contributed by atoms with Crippen LogP contribution in [0.1, 0.15) is 29.8 Å². The van der Waals surface area contributed by atoms with Crippen LogP contribution in [0.5, 0.6) is 5.75 Å². The van der Waals surface area contributed by atoms with E-state index < -0.39 is 29.6 Å². The largest absolute Gasteiger partial charge is 0.435 e. The molecule has 0 aliphatic carbocycles. The molecule has 0 amide bonds. The highest BCUT2D eigenvalue weighted by molar-refractivity contribution is 8.00. The third kappa shape index (κ3) is 5.32. The van der Waals surface area contributed by atoms with E-state index in [2.05, 4.69) is 29.7 Å². The average Bonchev–Trinajstić information content (AvgIpc) is 3.24. The number of H-pyrrole nitrogens is 1. The predicted molar refractivity (Wildman–Crippen MR) is 125 cm³/mol. The molecule has 0 bridgehead atoms. The lowest BCUT2D eigenvalue weighted by Gasteiger charge is -2.12. The first-order valence-corrected chi connectivity index (χ1v) is 11.1. The number of carbonyl (C=O) groups is 1. The molecular weight excluding hydrogens is 486 g/mol. The molecule has 4 rings (SSSR count). The van der Waals surface area contributed by atoms with Gasteiger partial charge >= 0.3 is 6.61 Å². The molecule has 2 heterocycles. The molecule has 0 unspecified atom stereocenters. The van der Waals surface area contributed by atoms with Crippen molar-refractivity contribution in [2.24, 2.45) is 0 Å². The first kappa shape index (κ1) is 24.3. The van der Waals surface area contributed by atoms with Gasteiger partial charge in [-0.3, -0.25) is 4.79 Å². The third-order valence-electron chi connectivity index (χ3n) is 4.79. The number of alkyl halides is 2. The van der Waals surface area contributed by atoms with Crippen LogP contribution in [0.4, 0.5) is 29.1 Å². The number of nitrogens with zero attached hydrogens (tertiary/aromatic N) is 2. The third-order valence-corrected chi connectivity index (χ3v) is 5.62. The minimum Gasteiger partial charge on any atom is -0.435 e. The van der Waals surface area contributed by atoms with Crippen molar-refractivity contribution in [1.29, 1.82) is 0 Å². The molecule has 2 aromatic carbocycles. The van der Waals surface area contributed by atoms with Crippen LogP contribution in [0.2, 0.25) is 0 Å². The van der Waals surface area contributed by atoms with Gasteiger partial charge in [-0.05, 0) is 62.2 Å². The van der Waals surface area contributed by atoms with Crippen molar-refractivity contribution in [3.8, 4) is 5.75 Å². The van der Waals surface area contributed by atoms with Gasteiger partial charge in [0.05, 0.1) is 22.2 Å². The second-order valence-electron chi connectivity index (χ2n) is 7.61. The van der Waals surface area contributed by atoms with E-state index in [1.54, 1.807) is 0 Å². The highest BCUT2D eigenvalue weighted by atomic mass is 32.2. The number of hydrogen-bond acceptors (Lipinski definition) is 7. The monoisotopic (exact) mass is 505 g/mol. The Morgan fingerprint density at radius 3 is 2.51 bits per heavy atom. The summed E-state index contributed by atoms with van der Waals surface area (Å²) in [4.78, 5) is 24.9. The van der Waals surface area contributed by atoms with Crippen LogP contribution in [-0.4, -0.2) is 33.4 Å². The summed E-state index contributed by atoms with van der Waals surface area (Å²) in [6.07, 6.45) is 2.65. The number of nitrogens with one attached hydrogen (secondary N) is 3. The van der Waals surface area contributed by atoms with Gasteiger partial charge < -0.3 is 19.8 Å². The van der Waals surface area contributed by atoms with Gasteiger partial charge in [-0.25, -0.2) is 18.7 Å². The Bertz CT molecular complexity index is 1360. The second kappa shape index (κ2) is 10.2. The molecule has 0 atom stereocenters. The Morgan fingerprint density at radius 1 is 1.09 bits per heavy atom.